The van der Waals surface area contributed by atoms with Crippen LogP contribution < -0.4 is 11.1 Å². The quantitative estimate of drug-likeness (QED) is 0.760. The van der Waals surface area contributed by atoms with Gasteiger partial charge < -0.3 is 11.1 Å². The average Bonchev–Trinajstić information content (AvgIpc) is 3.06. The molecular formula is C13H18N2O. The zero-order valence-corrected chi connectivity index (χ0v) is 9.62. The van der Waals surface area contributed by atoms with E-state index in [2.05, 4.69) is 5.32 Å². The maximum absolute atomic E-state index is 11.8. The third-order valence-corrected chi connectivity index (χ3v) is 3.10. The van der Waals surface area contributed by atoms with Gasteiger partial charge in [0.2, 0.25) is 0 Å². The van der Waals surface area contributed by atoms with Crippen LogP contribution in [0, 0.1) is 12.8 Å². The molecular weight excluding hydrogens is 200 g/mol. The van der Waals surface area contributed by atoms with E-state index in [9.17, 15) is 4.79 Å². The van der Waals surface area contributed by atoms with E-state index >= 15 is 0 Å². The third-order valence-electron chi connectivity index (χ3n) is 3.10. The Morgan fingerprint density at radius 2 is 2.25 bits per heavy atom. The van der Waals surface area contributed by atoms with Gasteiger partial charge in [0.25, 0.3) is 5.91 Å². The van der Waals surface area contributed by atoms with Crippen LogP contribution in [-0.4, -0.2) is 12.5 Å². The Labute approximate surface area is 96.0 Å². The molecule has 1 aromatic rings. The minimum atomic E-state index is -0.0538. The predicted molar refractivity (Wildman–Crippen MR) is 65.3 cm³/mol. The van der Waals surface area contributed by atoms with Crippen LogP contribution in [0.2, 0.25) is 0 Å². The van der Waals surface area contributed by atoms with E-state index in [1.54, 1.807) is 6.07 Å². The van der Waals surface area contributed by atoms with Gasteiger partial charge in [-0.3, -0.25) is 4.79 Å². The average molecular weight is 218 g/mol. The molecule has 86 valence electrons. The summed E-state index contributed by atoms with van der Waals surface area (Å²) < 4.78 is 0. The second-order valence-electron chi connectivity index (χ2n) is 4.52. The number of rotatable bonds is 4. The van der Waals surface area contributed by atoms with Crippen molar-refractivity contribution in [2.24, 2.45) is 5.92 Å². The molecule has 1 aromatic carbocycles. The molecule has 0 bridgehead atoms. The van der Waals surface area contributed by atoms with Crippen LogP contribution in [-0.2, 0) is 0 Å². The number of aryl methyl sites for hydroxylation is 1. The standard InChI is InChI=1S/C13H18N2O/c1-9-3-2-4-11(12(9)14)13(16)15-8-7-10-5-6-10/h2-4,10H,5-8,14H2,1H3,(H,15,16). The van der Waals surface area contributed by atoms with Crippen molar-refractivity contribution in [1.29, 1.82) is 0 Å². The van der Waals surface area contributed by atoms with Crippen LogP contribution in [0.5, 0.6) is 0 Å². The molecule has 0 spiro atoms. The number of carbonyl (C=O) groups is 1. The van der Waals surface area contributed by atoms with E-state index in [1.807, 2.05) is 19.1 Å². The van der Waals surface area contributed by atoms with Crippen molar-refractivity contribution in [3.63, 3.8) is 0 Å². The van der Waals surface area contributed by atoms with Gasteiger partial charge in [0.1, 0.15) is 0 Å². The summed E-state index contributed by atoms with van der Waals surface area (Å²) in [5.41, 5.74) is 8.00. The second-order valence-corrected chi connectivity index (χ2v) is 4.52. The van der Waals surface area contributed by atoms with Gasteiger partial charge >= 0.3 is 0 Å². The Bertz CT molecular complexity index is 397. The molecule has 0 heterocycles. The first-order valence-electron chi connectivity index (χ1n) is 5.82. The van der Waals surface area contributed by atoms with Crippen LogP contribution in [0.15, 0.2) is 18.2 Å². The number of nitrogens with two attached hydrogens (primary N) is 1. The van der Waals surface area contributed by atoms with Crippen LogP contribution in [0.3, 0.4) is 0 Å². The highest BCUT2D eigenvalue weighted by Gasteiger charge is 2.20. The molecule has 1 fully saturated rings. The number of anilines is 1. The number of hydrogen-bond donors (Lipinski definition) is 2. The van der Waals surface area contributed by atoms with Gasteiger partial charge in [-0.1, -0.05) is 25.0 Å². The molecule has 0 aromatic heterocycles. The van der Waals surface area contributed by atoms with E-state index in [1.165, 1.54) is 12.8 Å². The van der Waals surface area contributed by atoms with Crippen molar-refractivity contribution >= 4 is 11.6 Å². The first-order valence-corrected chi connectivity index (χ1v) is 5.82. The smallest absolute Gasteiger partial charge is 0.253 e. The SMILES string of the molecule is Cc1cccc(C(=O)NCCC2CC2)c1N. The van der Waals surface area contributed by atoms with Crippen molar-refractivity contribution in [3.05, 3.63) is 29.3 Å². The summed E-state index contributed by atoms with van der Waals surface area (Å²) >= 11 is 0. The lowest BCUT2D eigenvalue weighted by molar-refractivity contribution is 0.0953. The third kappa shape index (κ3) is 2.54. The van der Waals surface area contributed by atoms with Gasteiger partial charge in [0.05, 0.1) is 5.56 Å². The largest absolute Gasteiger partial charge is 0.398 e. The zero-order chi connectivity index (χ0) is 11.5. The zero-order valence-electron chi connectivity index (χ0n) is 9.62. The van der Waals surface area contributed by atoms with Gasteiger partial charge in [0, 0.05) is 12.2 Å². The summed E-state index contributed by atoms with van der Waals surface area (Å²) in [6, 6.07) is 5.55. The molecule has 3 nitrogen and oxygen atoms in total. The minimum absolute atomic E-state index is 0.0538. The number of nitrogens with one attached hydrogen (secondary N) is 1. The lowest BCUT2D eigenvalue weighted by atomic mass is 10.1. The molecule has 3 heteroatoms. The van der Waals surface area contributed by atoms with E-state index < -0.39 is 0 Å². The summed E-state index contributed by atoms with van der Waals surface area (Å²) in [4.78, 5) is 11.8. The Balaban J connectivity index is 1.93. The maximum Gasteiger partial charge on any atom is 0.253 e. The van der Waals surface area contributed by atoms with Crippen LogP contribution in [0.1, 0.15) is 35.2 Å². The lowest BCUT2D eigenvalue weighted by Gasteiger charge is -2.08. The Kier molecular flexibility index (Phi) is 3.13. The van der Waals surface area contributed by atoms with Gasteiger partial charge in [-0.05, 0) is 30.9 Å². The first-order chi connectivity index (χ1) is 7.68. The van der Waals surface area contributed by atoms with Gasteiger partial charge in [-0.15, -0.1) is 0 Å². The molecule has 1 aliphatic rings. The van der Waals surface area contributed by atoms with Gasteiger partial charge in [-0.25, -0.2) is 0 Å². The van der Waals surface area contributed by atoms with Gasteiger partial charge in [-0.2, -0.15) is 0 Å². The molecule has 1 amide bonds. The predicted octanol–water partition coefficient (Wildman–Crippen LogP) is 2.11. The van der Waals surface area contributed by atoms with Crippen LogP contribution in [0.4, 0.5) is 5.69 Å². The van der Waals surface area contributed by atoms with Crippen LogP contribution >= 0.6 is 0 Å². The lowest BCUT2D eigenvalue weighted by Crippen LogP contribution is -2.25. The van der Waals surface area contributed by atoms with Crippen molar-refractivity contribution in [1.82, 2.24) is 5.32 Å². The monoisotopic (exact) mass is 218 g/mol. The molecule has 0 aliphatic heterocycles. The highest BCUT2D eigenvalue weighted by Crippen LogP contribution is 2.31. The Hall–Kier alpha value is -1.51. The number of carbonyl (C=O) groups excluding carboxylic acids is 1. The van der Waals surface area contributed by atoms with Crippen molar-refractivity contribution in [2.45, 2.75) is 26.2 Å². The summed E-state index contributed by atoms with van der Waals surface area (Å²) in [5.74, 6) is 0.789. The highest BCUT2D eigenvalue weighted by atomic mass is 16.1. The van der Waals surface area contributed by atoms with Crippen molar-refractivity contribution in [3.8, 4) is 0 Å². The number of nitrogen functional groups attached to an aromatic ring is 1. The second kappa shape index (κ2) is 4.56. The molecule has 0 radical (unpaired) electrons. The summed E-state index contributed by atoms with van der Waals surface area (Å²) in [6.45, 7) is 2.67. The van der Waals surface area contributed by atoms with E-state index in [-0.39, 0.29) is 5.91 Å². The Morgan fingerprint density at radius 3 is 2.94 bits per heavy atom. The van der Waals surface area contributed by atoms with E-state index in [0.29, 0.717) is 11.3 Å². The summed E-state index contributed by atoms with van der Waals surface area (Å²) in [6.07, 6.45) is 3.74. The Morgan fingerprint density at radius 1 is 1.50 bits per heavy atom. The van der Waals surface area contributed by atoms with Crippen molar-refractivity contribution in [2.75, 3.05) is 12.3 Å². The normalized spacial score (nSPS) is 14.8. The molecule has 16 heavy (non-hydrogen) atoms. The maximum atomic E-state index is 11.8. The molecule has 1 aliphatic carbocycles. The van der Waals surface area contributed by atoms with Crippen LogP contribution in [0.25, 0.3) is 0 Å². The molecule has 3 N–H and O–H groups in total. The number of benzene rings is 1. The van der Waals surface area contributed by atoms with Gasteiger partial charge in [0.15, 0.2) is 0 Å². The minimum Gasteiger partial charge on any atom is -0.398 e. The fourth-order valence-corrected chi connectivity index (χ4v) is 1.77. The van der Waals surface area contributed by atoms with Crippen molar-refractivity contribution < 1.29 is 4.79 Å². The molecule has 2 rings (SSSR count). The van der Waals surface area contributed by atoms with E-state index in [0.717, 1.165) is 24.4 Å². The summed E-state index contributed by atoms with van der Waals surface area (Å²) in [7, 11) is 0. The summed E-state index contributed by atoms with van der Waals surface area (Å²) in [5, 5.41) is 2.92. The highest BCUT2D eigenvalue weighted by molar-refractivity contribution is 5.99. The topological polar surface area (TPSA) is 55.1 Å². The number of hydrogen-bond acceptors (Lipinski definition) is 2. The molecule has 0 atom stereocenters. The molecule has 1 saturated carbocycles. The number of amides is 1. The van der Waals surface area contributed by atoms with E-state index in [4.69, 9.17) is 5.73 Å². The first kappa shape index (κ1) is 11.0. The molecule has 0 saturated heterocycles. The fourth-order valence-electron chi connectivity index (χ4n) is 1.77. The molecule has 0 unspecified atom stereocenters. The number of para-hydroxylation sites is 1. The fraction of sp³-hybridized carbons (Fsp3) is 0.462.